The summed E-state index contributed by atoms with van der Waals surface area (Å²) in [7, 11) is 1.71. The van der Waals surface area contributed by atoms with Crippen LogP contribution in [0.15, 0.2) is 75.4 Å². The van der Waals surface area contributed by atoms with Crippen LogP contribution in [0.1, 0.15) is 11.5 Å². The Morgan fingerprint density at radius 1 is 1.12 bits per heavy atom. The summed E-state index contributed by atoms with van der Waals surface area (Å²) in [5.74, 6) is 0.00505. The van der Waals surface area contributed by atoms with E-state index in [4.69, 9.17) is 27.6 Å². The summed E-state index contributed by atoms with van der Waals surface area (Å²) in [6.07, 6.45) is 1.30. The lowest BCUT2D eigenvalue weighted by Gasteiger charge is -2.07. The molecular formula is C25H18Cl2N4O3. The van der Waals surface area contributed by atoms with E-state index in [1.165, 1.54) is 10.8 Å². The van der Waals surface area contributed by atoms with Crippen molar-refractivity contribution in [2.24, 2.45) is 7.05 Å². The van der Waals surface area contributed by atoms with Crippen LogP contribution in [0.2, 0.25) is 10.0 Å². The lowest BCUT2D eigenvalue weighted by Crippen LogP contribution is -2.23. The zero-order chi connectivity index (χ0) is 24.4. The van der Waals surface area contributed by atoms with Crippen molar-refractivity contribution in [3.8, 4) is 23.1 Å². The van der Waals surface area contributed by atoms with E-state index in [0.717, 1.165) is 0 Å². The first-order chi connectivity index (χ1) is 16.3. The van der Waals surface area contributed by atoms with Gasteiger partial charge in [0.2, 0.25) is 0 Å². The minimum absolute atomic E-state index is 0.0885. The van der Waals surface area contributed by atoms with Gasteiger partial charge in [-0.25, -0.2) is 4.68 Å². The lowest BCUT2D eigenvalue weighted by atomic mass is 10.2. The number of nitriles is 1. The molecular weight excluding hydrogens is 475 g/mol. The zero-order valence-corrected chi connectivity index (χ0v) is 19.7. The Morgan fingerprint density at radius 3 is 2.53 bits per heavy atom. The number of para-hydroxylation sites is 1. The Hall–Kier alpha value is -3.99. The van der Waals surface area contributed by atoms with Gasteiger partial charge in [0.15, 0.2) is 0 Å². The predicted molar refractivity (Wildman–Crippen MR) is 132 cm³/mol. The number of anilines is 1. The molecule has 0 fully saturated rings. The van der Waals surface area contributed by atoms with Crippen LogP contribution >= 0.6 is 23.2 Å². The summed E-state index contributed by atoms with van der Waals surface area (Å²) in [5.41, 5.74) is 1.27. The third-order valence-corrected chi connectivity index (χ3v) is 5.82. The molecule has 9 heteroatoms. The lowest BCUT2D eigenvalue weighted by molar-refractivity contribution is -0.112. The maximum atomic E-state index is 13.0. The molecule has 0 saturated heterocycles. The highest BCUT2D eigenvalue weighted by molar-refractivity contribution is 6.36. The van der Waals surface area contributed by atoms with Gasteiger partial charge in [0.1, 0.15) is 28.9 Å². The molecule has 0 aliphatic rings. The molecule has 0 aliphatic carbocycles. The smallest absolute Gasteiger partial charge is 0.295 e. The third kappa shape index (κ3) is 4.42. The van der Waals surface area contributed by atoms with Crippen molar-refractivity contribution in [2.45, 2.75) is 6.92 Å². The van der Waals surface area contributed by atoms with Crippen molar-refractivity contribution in [2.75, 3.05) is 5.32 Å². The van der Waals surface area contributed by atoms with Gasteiger partial charge in [0.05, 0.1) is 16.4 Å². The van der Waals surface area contributed by atoms with Crippen LogP contribution in [0.3, 0.4) is 0 Å². The number of hydrogen-bond acceptors (Lipinski definition) is 4. The Kier molecular flexibility index (Phi) is 6.46. The number of benzene rings is 2. The summed E-state index contributed by atoms with van der Waals surface area (Å²) in [6, 6.07) is 19.2. The van der Waals surface area contributed by atoms with Gasteiger partial charge in [-0.2, -0.15) is 5.26 Å². The molecule has 1 amide bonds. The first-order valence-electron chi connectivity index (χ1n) is 10.1. The van der Waals surface area contributed by atoms with Crippen LogP contribution in [-0.4, -0.2) is 15.3 Å². The van der Waals surface area contributed by atoms with E-state index < -0.39 is 11.5 Å². The van der Waals surface area contributed by atoms with Crippen LogP contribution < -0.4 is 10.9 Å². The summed E-state index contributed by atoms with van der Waals surface area (Å²) < 4.78 is 8.82. The first-order valence-corrected chi connectivity index (χ1v) is 10.9. The fourth-order valence-corrected chi connectivity index (χ4v) is 3.95. The number of aromatic nitrogens is 2. The molecule has 1 N–H and O–H groups in total. The number of amides is 1. The molecule has 170 valence electrons. The molecule has 7 nitrogen and oxygen atoms in total. The second kappa shape index (κ2) is 9.48. The van der Waals surface area contributed by atoms with E-state index in [1.54, 1.807) is 61.1 Å². The molecule has 0 bridgehead atoms. The number of carbonyl (C=O) groups is 1. The summed E-state index contributed by atoms with van der Waals surface area (Å²) in [6.45, 7) is 1.71. The topological polar surface area (TPSA) is 93.0 Å². The van der Waals surface area contributed by atoms with E-state index in [9.17, 15) is 14.9 Å². The van der Waals surface area contributed by atoms with Crippen molar-refractivity contribution in [1.82, 2.24) is 9.36 Å². The fraction of sp³-hybridized carbons (Fsp3) is 0.0800. The average Bonchev–Trinajstić information content (AvgIpc) is 3.36. The Balaban J connectivity index is 1.62. The summed E-state index contributed by atoms with van der Waals surface area (Å²) in [5, 5.41) is 13.0. The molecule has 4 aromatic rings. The number of nitrogens with one attached hydrogen (secondary N) is 1. The molecule has 2 aromatic heterocycles. The number of rotatable bonds is 5. The number of halogens is 2. The first kappa shape index (κ1) is 23.2. The maximum Gasteiger partial charge on any atom is 0.295 e. The molecule has 0 spiro atoms. The van der Waals surface area contributed by atoms with Crippen molar-refractivity contribution in [3.05, 3.63) is 98.1 Å². The molecule has 34 heavy (non-hydrogen) atoms. The maximum absolute atomic E-state index is 13.0. The highest BCUT2D eigenvalue weighted by Crippen LogP contribution is 2.32. The summed E-state index contributed by atoms with van der Waals surface area (Å²) in [4.78, 5) is 25.9. The number of nitrogens with zero attached hydrogens (tertiary/aromatic N) is 3. The molecule has 4 rings (SSSR count). The van der Waals surface area contributed by atoms with E-state index in [-0.39, 0.29) is 17.0 Å². The van der Waals surface area contributed by atoms with Gasteiger partial charge in [0, 0.05) is 23.7 Å². The fourth-order valence-electron chi connectivity index (χ4n) is 3.45. The van der Waals surface area contributed by atoms with Gasteiger partial charge >= 0.3 is 0 Å². The molecule has 2 aromatic carbocycles. The average molecular weight is 493 g/mol. The van der Waals surface area contributed by atoms with Crippen molar-refractivity contribution in [3.63, 3.8) is 0 Å². The Morgan fingerprint density at radius 2 is 1.85 bits per heavy atom. The highest BCUT2D eigenvalue weighted by Gasteiger charge is 2.20. The van der Waals surface area contributed by atoms with Gasteiger partial charge in [-0.05, 0) is 49.4 Å². The number of furan rings is 1. The molecule has 0 radical (unpaired) electrons. The van der Waals surface area contributed by atoms with Gasteiger partial charge in [-0.1, -0.05) is 41.4 Å². The van der Waals surface area contributed by atoms with E-state index >= 15 is 0 Å². The van der Waals surface area contributed by atoms with Crippen molar-refractivity contribution >= 4 is 40.9 Å². The van der Waals surface area contributed by atoms with Gasteiger partial charge in [-0.3, -0.25) is 14.3 Å². The van der Waals surface area contributed by atoms with Gasteiger partial charge in [0.25, 0.3) is 11.5 Å². The minimum atomic E-state index is -0.726. The molecule has 0 atom stereocenters. The normalized spacial score (nSPS) is 11.3. The van der Waals surface area contributed by atoms with Crippen LogP contribution in [0.5, 0.6) is 0 Å². The predicted octanol–water partition coefficient (Wildman–Crippen LogP) is 5.60. The quantitative estimate of drug-likeness (QED) is 0.290. The number of carbonyl (C=O) groups excluding carboxylic acids is 1. The van der Waals surface area contributed by atoms with Crippen LogP contribution in [0, 0.1) is 18.3 Å². The van der Waals surface area contributed by atoms with Crippen molar-refractivity contribution in [1.29, 1.82) is 5.26 Å². The standard InChI is InChI=1S/C25H18Cl2N4O3/c1-15-23(25(33)31(30(15)2)18-6-4-3-5-7-18)29-24(32)16(14-28)12-19-9-11-22(34-19)20-10-8-17(26)13-21(20)27/h3-13H,1-2H3,(H,29,32)/b16-12-. The molecule has 0 saturated carbocycles. The van der Waals surface area contributed by atoms with Gasteiger partial charge in [-0.15, -0.1) is 0 Å². The van der Waals surface area contributed by atoms with Crippen LogP contribution in [-0.2, 0) is 11.8 Å². The van der Waals surface area contributed by atoms with Gasteiger partial charge < -0.3 is 9.73 Å². The largest absolute Gasteiger partial charge is 0.457 e. The molecule has 2 heterocycles. The van der Waals surface area contributed by atoms with E-state index in [1.807, 2.05) is 24.3 Å². The van der Waals surface area contributed by atoms with E-state index in [2.05, 4.69) is 5.32 Å². The van der Waals surface area contributed by atoms with Crippen molar-refractivity contribution < 1.29 is 9.21 Å². The monoisotopic (exact) mass is 492 g/mol. The minimum Gasteiger partial charge on any atom is -0.457 e. The zero-order valence-electron chi connectivity index (χ0n) is 18.2. The Labute approximate surface area is 205 Å². The van der Waals surface area contributed by atoms with E-state index in [0.29, 0.717) is 32.8 Å². The second-order valence-electron chi connectivity index (χ2n) is 7.39. The summed E-state index contributed by atoms with van der Waals surface area (Å²) >= 11 is 12.2. The van der Waals surface area contributed by atoms with Crippen LogP contribution in [0.4, 0.5) is 5.69 Å². The highest BCUT2D eigenvalue weighted by atomic mass is 35.5. The van der Waals surface area contributed by atoms with Crippen LogP contribution in [0.25, 0.3) is 23.1 Å². The SMILES string of the molecule is Cc1c(NC(=O)/C(C#N)=C\c2ccc(-c3ccc(Cl)cc3Cl)o2)c(=O)n(-c2ccccc2)n1C. The third-order valence-electron chi connectivity index (χ3n) is 5.27. The number of hydrogen-bond donors (Lipinski definition) is 1. The second-order valence-corrected chi connectivity index (χ2v) is 8.23. The Bertz CT molecular complexity index is 1520. The molecule has 0 aliphatic heterocycles. The molecule has 0 unspecified atom stereocenters.